The lowest BCUT2D eigenvalue weighted by atomic mass is 9.58. The third kappa shape index (κ3) is 2.41. The van der Waals surface area contributed by atoms with E-state index >= 15 is 0 Å². The molecular weight excluding hydrogens is 394 g/mol. The molecule has 0 bridgehead atoms. The van der Waals surface area contributed by atoms with E-state index in [0.29, 0.717) is 9.30 Å². The van der Waals surface area contributed by atoms with Gasteiger partial charge in [-0.25, -0.2) is 4.39 Å². The summed E-state index contributed by atoms with van der Waals surface area (Å²) in [7, 11) is 0. The first-order valence-corrected chi connectivity index (χ1v) is 8.69. The Hall–Kier alpha value is -0.160. The molecule has 0 radical (unpaired) electrons. The fourth-order valence-corrected chi connectivity index (χ4v) is 4.98. The standard InChI is InChI=1S/C15H16Br2F2O/c16-9-6-10(18)14(19)11(7-9)20-13-8-12(17)15(13)4-2-1-3-5-15/h6-7,12-13H,1-5,8H2. The van der Waals surface area contributed by atoms with Crippen LogP contribution < -0.4 is 4.74 Å². The maximum Gasteiger partial charge on any atom is 0.200 e. The summed E-state index contributed by atoms with van der Waals surface area (Å²) in [6.07, 6.45) is 6.68. The van der Waals surface area contributed by atoms with Crippen molar-refractivity contribution >= 4 is 31.9 Å². The van der Waals surface area contributed by atoms with Gasteiger partial charge in [-0.05, 0) is 31.4 Å². The van der Waals surface area contributed by atoms with Crippen LogP contribution in [0.4, 0.5) is 8.78 Å². The van der Waals surface area contributed by atoms with Crippen LogP contribution in [0.25, 0.3) is 0 Å². The van der Waals surface area contributed by atoms with E-state index in [1.807, 2.05) is 0 Å². The van der Waals surface area contributed by atoms with Crippen LogP contribution in [0, 0.1) is 17.0 Å². The van der Waals surface area contributed by atoms with Crippen molar-refractivity contribution in [1.29, 1.82) is 0 Å². The third-order valence-corrected chi connectivity index (χ3v) is 6.44. The predicted molar refractivity (Wildman–Crippen MR) is 81.3 cm³/mol. The van der Waals surface area contributed by atoms with Gasteiger partial charge in [0.15, 0.2) is 11.6 Å². The fourth-order valence-electron chi connectivity index (χ4n) is 3.48. The van der Waals surface area contributed by atoms with Gasteiger partial charge in [-0.1, -0.05) is 51.1 Å². The summed E-state index contributed by atoms with van der Waals surface area (Å²) in [6.45, 7) is 0. The molecule has 0 heterocycles. The number of rotatable bonds is 2. The highest BCUT2D eigenvalue weighted by molar-refractivity contribution is 9.10. The van der Waals surface area contributed by atoms with Crippen LogP contribution in [0.2, 0.25) is 0 Å². The highest BCUT2D eigenvalue weighted by atomic mass is 79.9. The first-order chi connectivity index (χ1) is 9.53. The summed E-state index contributed by atoms with van der Waals surface area (Å²) in [4.78, 5) is 0.431. The minimum atomic E-state index is -0.891. The first-order valence-electron chi connectivity index (χ1n) is 6.98. The summed E-state index contributed by atoms with van der Waals surface area (Å²) < 4.78 is 33.6. The maximum absolute atomic E-state index is 13.8. The molecular formula is C15H16Br2F2O. The van der Waals surface area contributed by atoms with E-state index in [2.05, 4.69) is 31.9 Å². The maximum atomic E-state index is 13.8. The van der Waals surface area contributed by atoms with Crippen LogP contribution in [-0.2, 0) is 0 Å². The largest absolute Gasteiger partial charge is 0.487 e. The predicted octanol–water partition coefficient (Wildman–Crippen LogP) is 5.59. The second-order valence-electron chi connectivity index (χ2n) is 5.80. The van der Waals surface area contributed by atoms with Crippen molar-refractivity contribution < 1.29 is 13.5 Å². The molecule has 5 heteroatoms. The van der Waals surface area contributed by atoms with E-state index in [9.17, 15) is 8.78 Å². The molecule has 0 amide bonds. The second kappa shape index (κ2) is 5.56. The van der Waals surface area contributed by atoms with Crippen LogP contribution in [0.1, 0.15) is 38.5 Å². The molecule has 1 aromatic rings. The quantitative estimate of drug-likeness (QED) is 0.456. The monoisotopic (exact) mass is 408 g/mol. The van der Waals surface area contributed by atoms with Crippen LogP contribution in [0.3, 0.4) is 0 Å². The molecule has 1 aromatic carbocycles. The molecule has 1 spiro atoms. The normalized spacial score (nSPS) is 28.2. The van der Waals surface area contributed by atoms with Gasteiger partial charge >= 0.3 is 0 Å². The van der Waals surface area contributed by atoms with Crippen LogP contribution in [0.5, 0.6) is 5.75 Å². The summed E-state index contributed by atoms with van der Waals surface area (Å²) in [5.41, 5.74) is 0.101. The number of ether oxygens (including phenoxy) is 1. The van der Waals surface area contributed by atoms with E-state index in [0.717, 1.165) is 25.3 Å². The molecule has 2 saturated carbocycles. The number of benzene rings is 1. The molecule has 2 aliphatic rings. The lowest BCUT2D eigenvalue weighted by Crippen LogP contribution is -2.57. The number of halogens is 4. The van der Waals surface area contributed by atoms with Crippen molar-refractivity contribution in [3.8, 4) is 5.75 Å². The zero-order chi connectivity index (χ0) is 14.3. The van der Waals surface area contributed by atoms with Gasteiger partial charge in [0.2, 0.25) is 5.82 Å². The molecule has 20 heavy (non-hydrogen) atoms. The van der Waals surface area contributed by atoms with Crippen molar-refractivity contribution in [3.63, 3.8) is 0 Å². The van der Waals surface area contributed by atoms with E-state index in [4.69, 9.17) is 4.74 Å². The van der Waals surface area contributed by atoms with Crippen molar-refractivity contribution in [2.75, 3.05) is 0 Å². The van der Waals surface area contributed by atoms with Gasteiger partial charge in [-0.2, -0.15) is 4.39 Å². The van der Waals surface area contributed by atoms with E-state index in [1.165, 1.54) is 25.3 Å². The van der Waals surface area contributed by atoms with Crippen molar-refractivity contribution in [2.45, 2.75) is 49.5 Å². The smallest absolute Gasteiger partial charge is 0.200 e. The Balaban J connectivity index is 1.81. The summed E-state index contributed by atoms with van der Waals surface area (Å²) in [6, 6.07) is 2.63. The molecule has 2 fully saturated rings. The van der Waals surface area contributed by atoms with Crippen LogP contribution in [0.15, 0.2) is 16.6 Å². The minimum Gasteiger partial charge on any atom is -0.487 e. The Bertz CT molecular complexity index is 515. The first kappa shape index (κ1) is 14.8. The third-order valence-electron chi connectivity index (χ3n) is 4.70. The van der Waals surface area contributed by atoms with Gasteiger partial charge in [0.25, 0.3) is 0 Å². The number of hydrogen-bond donors (Lipinski definition) is 0. The molecule has 2 aliphatic carbocycles. The van der Waals surface area contributed by atoms with Gasteiger partial charge in [0, 0.05) is 14.7 Å². The number of alkyl halides is 1. The van der Waals surface area contributed by atoms with Crippen LogP contribution >= 0.6 is 31.9 Å². The highest BCUT2D eigenvalue weighted by Gasteiger charge is 2.55. The fraction of sp³-hybridized carbons (Fsp3) is 0.600. The summed E-state index contributed by atoms with van der Waals surface area (Å²) >= 11 is 6.90. The zero-order valence-corrected chi connectivity index (χ0v) is 14.1. The van der Waals surface area contributed by atoms with E-state index in [-0.39, 0.29) is 17.3 Å². The average molecular weight is 410 g/mol. The molecule has 0 aliphatic heterocycles. The molecule has 3 rings (SSSR count). The van der Waals surface area contributed by atoms with Crippen LogP contribution in [-0.4, -0.2) is 10.9 Å². The Labute approximate surface area is 134 Å². The Kier molecular flexibility index (Phi) is 4.10. The molecule has 0 N–H and O–H groups in total. The Morgan fingerprint density at radius 1 is 1.15 bits per heavy atom. The molecule has 2 unspecified atom stereocenters. The summed E-state index contributed by atoms with van der Waals surface area (Å²) in [5.74, 6) is -1.75. The van der Waals surface area contributed by atoms with Gasteiger partial charge in [0.1, 0.15) is 6.10 Å². The Morgan fingerprint density at radius 3 is 2.50 bits per heavy atom. The van der Waals surface area contributed by atoms with E-state index in [1.54, 1.807) is 0 Å². The molecule has 2 atom stereocenters. The highest BCUT2D eigenvalue weighted by Crippen LogP contribution is 2.56. The molecule has 0 aromatic heterocycles. The zero-order valence-electron chi connectivity index (χ0n) is 11.0. The van der Waals surface area contributed by atoms with Gasteiger partial charge in [-0.15, -0.1) is 0 Å². The topological polar surface area (TPSA) is 9.23 Å². The average Bonchev–Trinajstić information content (AvgIpc) is 2.44. The molecule has 1 nitrogen and oxygen atoms in total. The number of hydrogen-bond acceptors (Lipinski definition) is 1. The van der Waals surface area contributed by atoms with Gasteiger partial charge < -0.3 is 4.74 Å². The van der Waals surface area contributed by atoms with Gasteiger partial charge in [0.05, 0.1) is 0 Å². The van der Waals surface area contributed by atoms with Crippen molar-refractivity contribution in [3.05, 3.63) is 28.2 Å². The molecule has 0 saturated heterocycles. The van der Waals surface area contributed by atoms with E-state index < -0.39 is 11.6 Å². The second-order valence-corrected chi connectivity index (χ2v) is 7.82. The summed E-state index contributed by atoms with van der Waals surface area (Å²) in [5, 5.41) is 0. The molecule has 110 valence electrons. The minimum absolute atomic E-state index is 0.0182. The van der Waals surface area contributed by atoms with Crippen molar-refractivity contribution in [1.82, 2.24) is 0 Å². The van der Waals surface area contributed by atoms with Gasteiger partial charge in [-0.3, -0.25) is 0 Å². The lowest BCUT2D eigenvalue weighted by molar-refractivity contribution is -0.0619. The Morgan fingerprint density at radius 2 is 1.85 bits per heavy atom. The van der Waals surface area contributed by atoms with Crippen molar-refractivity contribution in [2.24, 2.45) is 5.41 Å². The lowest BCUT2D eigenvalue weighted by Gasteiger charge is -2.55. The SMILES string of the molecule is Fc1cc(Br)cc(OC2CC(Br)C23CCCCC3)c1F.